The van der Waals surface area contributed by atoms with Gasteiger partial charge in [-0.3, -0.25) is 0 Å². The smallest absolute Gasteiger partial charge is 0.139 e. The van der Waals surface area contributed by atoms with Crippen molar-refractivity contribution in [2.45, 2.75) is 6.54 Å². The van der Waals surface area contributed by atoms with Crippen LogP contribution in [0.15, 0.2) is 35.7 Å². The van der Waals surface area contributed by atoms with E-state index in [1.54, 1.807) is 11.3 Å². The zero-order valence-electron chi connectivity index (χ0n) is 8.60. The van der Waals surface area contributed by atoms with E-state index in [1.807, 2.05) is 24.3 Å². The quantitative estimate of drug-likeness (QED) is 0.710. The Hall–Kier alpha value is -1.65. The number of hydrogen-bond donors (Lipinski definition) is 2. The average molecular weight is 229 g/mol. The van der Waals surface area contributed by atoms with Crippen LogP contribution in [0.1, 0.15) is 4.88 Å². The third-order valence-corrected chi connectivity index (χ3v) is 3.48. The molecule has 1 aromatic carbocycles. The van der Waals surface area contributed by atoms with Gasteiger partial charge in [-0.15, -0.1) is 11.3 Å². The van der Waals surface area contributed by atoms with E-state index in [1.165, 1.54) is 4.88 Å². The molecule has 16 heavy (non-hydrogen) atoms. The maximum absolute atomic E-state index is 5.60. The van der Waals surface area contributed by atoms with Gasteiger partial charge < -0.3 is 10.7 Å². The minimum absolute atomic E-state index is 0.588. The average Bonchev–Trinajstić information content (AvgIpc) is 2.95. The highest BCUT2D eigenvalue weighted by atomic mass is 32.1. The van der Waals surface area contributed by atoms with Gasteiger partial charge in [0.15, 0.2) is 0 Å². The van der Waals surface area contributed by atoms with Crippen LogP contribution < -0.4 is 5.73 Å². The van der Waals surface area contributed by atoms with Gasteiger partial charge in [-0.25, -0.2) is 4.98 Å². The van der Waals surface area contributed by atoms with Gasteiger partial charge in [-0.05, 0) is 18.2 Å². The molecular weight excluding hydrogens is 218 g/mol. The molecule has 0 saturated heterocycles. The van der Waals surface area contributed by atoms with Crippen molar-refractivity contribution in [1.82, 2.24) is 9.97 Å². The van der Waals surface area contributed by atoms with Gasteiger partial charge in [0.1, 0.15) is 5.82 Å². The number of fused-ring (bicyclic) bond motifs is 1. The number of nitrogens with one attached hydrogen (secondary N) is 1. The van der Waals surface area contributed by atoms with Gasteiger partial charge in [-0.1, -0.05) is 12.1 Å². The number of para-hydroxylation sites is 2. The molecule has 0 spiro atoms. The predicted octanol–water partition coefficient (Wildman–Crippen LogP) is 2.75. The van der Waals surface area contributed by atoms with Crippen molar-refractivity contribution in [2.75, 3.05) is 0 Å². The number of thiophene rings is 1. The lowest BCUT2D eigenvalue weighted by Crippen LogP contribution is -1.91. The number of H-pyrrole nitrogens is 1. The molecule has 2 heterocycles. The summed E-state index contributed by atoms with van der Waals surface area (Å²) in [6.07, 6.45) is 0. The van der Waals surface area contributed by atoms with Crippen molar-refractivity contribution in [3.05, 3.63) is 40.6 Å². The molecule has 0 fully saturated rings. The van der Waals surface area contributed by atoms with Gasteiger partial charge in [-0.2, -0.15) is 0 Å². The second-order valence-electron chi connectivity index (χ2n) is 3.61. The SMILES string of the molecule is NCc1cc(-c2nc3ccccc3[nH]2)cs1. The molecule has 3 rings (SSSR count). The lowest BCUT2D eigenvalue weighted by Gasteiger charge is -1.88. The van der Waals surface area contributed by atoms with E-state index in [4.69, 9.17) is 5.73 Å². The number of imidazole rings is 1. The lowest BCUT2D eigenvalue weighted by atomic mass is 10.3. The standard InChI is InChI=1S/C12H11N3S/c13-6-9-5-8(7-16-9)12-14-10-3-1-2-4-11(10)15-12/h1-5,7H,6,13H2,(H,14,15). The Morgan fingerprint density at radius 3 is 2.94 bits per heavy atom. The van der Waals surface area contributed by atoms with Crippen LogP contribution in [0.4, 0.5) is 0 Å². The summed E-state index contributed by atoms with van der Waals surface area (Å²) in [5.74, 6) is 0.914. The molecular formula is C12H11N3S. The Morgan fingerprint density at radius 2 is 2.19 bits per heavy atom. The van der Waals surface area contributed by atoms with Crippen molar-refractivity contribution in [3.63, 3.8) is 0 Å². The summed E-state index contributed by atoms with van der Waals surface area (Å²) >= 11 is 1.67. The number of aromatic nitrogens is 2. The van der Waals surface area contributed by atoms with E-state index in [0.29, 0.717) is 6.54 Å². The number of aromatic amines is 1. The molecule has 0 radical (unpaired) electrons. The summed E-state index contributed by atoms with van der Waals surface area (Å²) in [6.45, 7) is 0.588. The fourth-order valence-corrected chi connectivity index (χ4v) is 2.45. The zero-order chi connectivity index (χ0) is 11.0. The van der Waals surface area contributed by atoms with Gasteiger partial charge >= 0.3 is 0 Å². The number of rotatable bonds is 2. The van der Waals surface area contributed by atoms with Crippen LogP contribution in [0.25, 0.3) is 22.4 Å². The second kappa shape index (κ2) is 3.73. The fraction of sp³-hybridized carbons (Fsp3) is 0.0833. The number of hydrogen-bond acceptors (Lipinski definition) is 3. The Kier molecular flexibility index (Phi) is 2.23. The summed E-state index contributed by atoms with van der Waals surface area (Å²) in [7, 11) is 0. The Labute approximate surface area is 96.9 Å². The first-order valence-corrected chi connectivity index (χ1v) is 5.97. The molecule has 0 aliphatic carbocycles. The van der Waals surface area contributed by atoms with Gasteiger partial charge in [0.05, 0.1) is 11.0 Å². The van der Waals surface area contributed by atoms with Crippen LogP contribution in [0, 0.1) is 0 Å². The van der Waals surface area contributed by atoms with Crippen LogP contribution in [0.2, 0.25) is 0 Å². The number of nitrogens with zero attached hydrogens (tertiary/aromatic N) is 1. The second-order valence-corrected chi connectivity index (χ2v) is 4.60. The first-order chi connectivity index (χ1) is 7.86. The molecule has 3 nitrogen and oxygen atoms in total. The predicted molar refractivity (Wildman–Crippen MR) is 67.3 cm³/mol. The molecule has 0 bridgehead atoms. The number of benzene rings is 1. The van der Waals surface area contributed by atoms with Crippen molar-refractivity contribution in [2.24, 2.45) is 5.73 Å². The van der Waals surface area contributed by atoms with Gasteiger partial charge in [0.2, 0.25) is 0 Å². The third kappa shape index (κ3) is 1.52. The fourth-order valence-electron chi connectivity index (χ4n) is 1.70. The minimum atomic E-state index is 0.588. The lowest BCUT2D eigenvalue weighted by molar-refractivity contribution is 1.11. The maximum atomic E-state index is 5.60. The summed E-state index contributed by atoms with van der Waals surface area (Å²) in [4.78, 5) is 9.02. The van der Waals surface area contributed by atoms with Crippen molar-refractivity contribution < 1.29 is 0 Å². The first-order valence-electron chi connectivity index (χ1n) is 5.09. The normalized spacial score (nSPS) is 11.1. The van der Waals surface area contributed by atoms with Crippen molar-refractivity contribution in [3.8, 4) is 11.4 Å². The highest BCUT2D eigenvalue weighted by Gasteiger charge is 2.06. The molecule has 80 valence electrons. The van der Waals surface area contributed by atoms with Crippen LogP contribution in [0.5, 0.6) is 0 Å². The Balaban J connectivity index is 2.11. The summed E-state index contributed by atoms with van der Waals surface area (Å²) < 4.78 is 0. The summed E-state index contributed by atoms with van der Waals surface area (Å²) in [5.41, 5.74) is 8.77. The number of nitrogens with two attached hydrogens (primary N) is 1. The highest BCUT2D eigenvalue weighted by molar-refractivity contribution is 7.10. The van der Waals surface area contributed by atoms with Crippen LogP contribution in [-0.2, 0) is 6.54 Å². The van der Waals surface area contributed by atoms with Gasteiger partial charge in [0, 0.05) is 22.4 Å². The van der Waals surface area contributed by atoms with E-state index in [9.17, 15) is 0 Å². The Bertz CT molecular complexity index is 591. The van der Waals surface area contributed by atoms with E-state index < -0.39 is 0 Å². The minimum Gasteiger partial charge on any atom is -0.338 e. The molecule has 0 amide bonds. The van der Waals surface area contributed by atoms with E-state index >= 15 is 0 Å². The van der Waals surface area contributed by atoms with Crippen LogP contribution >= 0.6 is 11.3 Å². The zero-order valence-corrected chi connectivity index (χ0v) is 9.42. The Morgan fingerprint density at radius 1 is 1.31 bits per heavy atom. The highest BCUT2D eigenvalue weighted by Crippen LogP contribution is 2.25. The van der Waals surface area contributed by atoms with E-state index in [2.05, 4.69) is 21.4 Å². The molecule has 0 saturated carbocycles. The van der Waals surface area contributed by atoms with Crippen molar-refractivity contribution in [1.29, 1.82) is 0 Å². The topological polar surface area (TPSA) is 54.7 Å². The maximum Gasteiger partial charge on any atom is 0.139 e. The molecule has 0 aliphatic rings. The molecule has 0 aliphatic heterocycles. The van der Waals surface area contributed by atoms with Crippen LogP contribution in [0.3, 0.4) is 0 Å². The molecule has 3 aromatic rings. The van der Waals surface area contributed by atoms with Crippen LogP contribution in [-0.4, -0.2) is 9.97 Å². The summed E-state index contributed by atoms with van der Waals surface area (Å²) in [5, 5.41) is 2.08. The molecule has 0 unspecified atom stereocenters. The van der Waals surface area contributed by atoms with Gasteiger partial charge in [0.25, 0.3) is 0 Å². The largest absolute Gasteiger partial charge is 0.338 e. The van der Waals surface area contributed by atoms with E-state index in [-0.39, 0.29) is 0 Å². The molecule has 2 aromatic heterocycles. The van der Waals surface area contributed by atoms with Crippen molar-refractivity contribution >= 4 is 22.4 Å². The molecule has 3 N–H and O–H groups in total. The monoisotopic (exact) mass is 229 g/mol. The summed E-state index contributed by atoms with van der Waals surface area (Å²) in [6, 6.07) is 10.1. The third-order valence-electron chi connectivity index (χ3n) is 2.52. The molecule has 4 heteroatoms. The van der Waals surface area contributed by atoms with E-state index in [0.717, 1.165) is 22.4 Å². The first kappa shape index (κ1) is 9.57. The molecule has 0 atom stereocenters.